The molecule has 0 spiro atoms. The summed E-state index contributed by atoms with van der Waals surface area (Å²) in [5.41, 5.74) is 3.01. The number of benzene rings is 2. The van der Waals surface area contributed by atoms with Crippen molar-refractivity contribution in [1.29, 1.82) is 10.5 Å². The zero-order valence-corrected chi connectivity index (χ0v) is 17.2. The molecule has 0 fully saturated rings. The summed E-state index contributed by atoms with van der Waals surface area (Å²) in [4.78, 5) is 16.8. The van der Waals surface area contributed by atoms with Gasteiger partial charge in [0.15, 0.2) is 0 Å². The van der Waals surface area contributed by atoms with Gasteiger partial charge < -0.3 is 15.4 Å². The molecule has 3 rings (SSSR count). The summed E-state index contributed by atoms with van der Waals surface area (Å²) in [5.74, 6) is 0.812. The topological polar surface area (TPSA) is 129 Å². The molecule has 0 aliphatic heterocycles. The molecule has 0 unspecified atom stereocenters. The van der Waals surface area contributed by atoms with Crippen LogP contribution >= 0.6 is 0 Å². The van der Waals surface area contributed by atoms with Crippen molar-refractivity contribution >= 4 is 29.2 Å². The summed E-state index contributed by atoms with van der Waals surface area (Å²) in [5, 5.41) is 27.9. The number of nitrogens with zero attached hydrogens (tertiary/aromatic N) is 5. The van der Waals surface area contributed by atoms with Crippen LogP contribution in [0.5, 0.6) is 5.75 Å². The van der Waals surface area contributed by atoms with Crippen molar-refractivity contribution < 1.29 is 4.74 Å². The molecule has 0 aliphatic carbocycles. The van der Waals surface area contributed by atoms with Gasteiger partial charge in [0.2, 0.25) is 11.8 Å². The van der Waals surface area contributed by atoms with Crippen molar-refractivity contribution in [2.24, 2.45) is 7.05 Å². The minimum atomic E-state index is -0.407. The molecule has 1 heterocycles. The van der Waals surface area contributed by atoms with Gasteiger partial charge in [-0.15, -0.1) is 5.10 Å². The number of anilines is 4. The van der Waals surface area contributed by atoms with Crippen LogP contribution in [0, 0.1) is 29.6 Å². The maximum Gasteiger partial charge on any atom is 0.309 e. The van der Waals surface area contributed by atoms with Gasteiger partial charge in [-0.3, -0.25) is 4.79 Å². The zero-order valence-electron chi connectivity index (χ0n) is 17.2. The molecule has 9 heteroatoms. The van der Waals surface area contributed by atoms with Crippen LogP contribution in [0.25, 0.3) is 6.08 Å². The highest BCUT2D eigenvalue weighted by Gasteiger charge is 2.13. The molecule has 0 saturated heterocycles. The maximum atomic E-state index is 12.5. The first-order chi connectivity index (χ1) is 14.9. The van der Waals surface area contributed by atoms with Crippen molar-refractivity contribution in [3.8, 4) is 17.9 Å². The summed E-state index contributed by atoms with van der Waals surface area (Å²) >= 11 is 0. The van der Waals surface area contributed by atoms with Gasteiger partial charge in [-0.25, -0.2) is 4.68 Å². The lowest BCUT2D eigenvalue weighted by atomic mass is 10.1. The van der Waals surface area contributed by atoms with Gasteiger partial charge in [0.05, 0.1) is 30.5 Å². The van der Waals surface area contributed by atoms with Gasteiger partial charge in [-0.2, -0.15) is 15.5 Å². The quantitative estimate of drug-likeness (QED) is 0.589. The lowest BCUT2D eigenvalue weighted by molar-refractivity contribution is 0.416. The predicted octanol–water partition coefficient (Wildman–Crippen LogP) is 3.39. The molecule has 0 radical (unpaired) electrons. The number of ether oxygens (including phenoxy) is 1. The van der Waals surface area contributed by atoms with Crippen molar-refractivity contribution in [3.63, 3.8) is 0 Å². The highest BCUT2D eigenvalue weighted by atomic mass is 16.5. The monoisotopic (exact) mass is 413 g/mol. The average molecular weight is 413 g/mol. The molecule has 2 N–H and O–H groups in total. The normalized spacial score (nSPS) is 10.4. The SMILES string of the molecule is COc1cc(/C=C/C#N)cc(C)c1Nc1nc(Nc2ccc(C#N)cc2)c(=O)n(C)n1. The van der Waals surface area contributed by atoms with Crippen LogP contribution in [-0.4, -0.2) is 21.9 Å². The maximum absolute atomic E-state index is 12.5. The highest BCUT2D eigenvalue weighted by molar-refractivity contribution is 5.71. The fourth-order valence-corrected chi connectivity index (χ4v) is 2.86. The van der Waals surface area contributed by atoms with E-state index in [9.17, 15) is 4.79 Å². The third kappa shape index (κ3) is 4.86. The summed E-state index contributed by atoms with van der Waals surface area (Å²) in [6, 6.07) is 14.3. The van der Waals surface area contributed by atoms with E-state index in [4.69, 9.17) is 15.3 Å². The minimum absolute atomic E-state index is 0.0786. The third-order valence-corrected chi connectivity index (χ3v) is 4.36. The number of allylic oxidation sites excluding steroid dienone is 1. The molecule has 0 aliphatic rings. The Morgan fingerprint density at radius 3 is 2.55 bits per heavy atom. The second-order valence-electron chi connectivity index (χ2n) is 6.53. The van der Waals surface area contributed by atoms with Gasteiger partial charge in [0.1, 0.15) is 5.75 Å². The lowest BCUT2D eigenvalue weighted by Gasteiger charge is -2.15. The fraction of sp³-hybridized carbons (Fsp3) is 0.136. The van der Waals surface area contributed by atoms with Crippen LogP contribution in [0.3, 0.4) is 0 Å². The Morgan fingerprint density at radius 2 is 1.90 bits per heavy atom. The molecule has 154 valence electrons. The van der Waals surface area contributed by atoms with Crippen molar-refractivity contribution in [2.45, 2.75) is 6.92 Å². The molecule has 3 aromatic rings. The Kier molecular flexibility index (Phi) is 6.29. The third-order valence-electron chi connectivity index (χ3n) is 4.36. The van der Waals surface area contributed by atoms with E-state index in [1.807, 2.05) is 25.1 Å². The van der Waals surface area contributed by atoms with Gasteiger partial charge in [-0.1, -0.05) is 0 Å². The largest absolute Gasteiger partial charge is 0.495 e. The number of nitriles is 2. The summed E-state index contributed by atoms with van der Waals surface area (Å²) in [6.07, 6.45) is 3.07. The smallest absolute Gasteiger partial charge is 0.309 e. The van der Waals surface area contributed by atoms with E-state index in [0.717, 1.165) is 11.1 Å². The van der Waals surface area contributed by atoms with Crippen LogP contribution < -0.4 is 20.9 Å². The Balaban J connectivity index is 1.95. The van der Waals surface area contributed by atoms with Crippen molar-refractivity contribution in [2.75, 3.05) is 17.7 Å². The van der Waals surface area contributed by atoms with E-state index in [1.165, 1.54) is 24.9 Å². The Hall–Kier alpha value is -4.63. The van der Waals surface area contributed by atoms with Crippen molar-refractivity contribution in [1.82, 2.24) is 14.8 Å². The fourth-order valence-electron chi connectivity index (χ4n) is 2.86. The molecule has 1 aromatic heterocycles. The number of hydrogen-bond donors (Lipinski definition) is 2. The zero-order chi connectivity index (χ0) is 22.4. The number of rotatable bonds is 6. The number of methoxy groups -OCH3 is 1. The predicted molar refractivity (Wildman–Crippen MR) is 117 cm³/mol. The first-order valence-electron chi connectivity index (χ1n) is 9.19. The number of hydrogen-bond acceptors (Lipinski definition) is 8. The van der Waals surface area contributed by atoms with Gasteiger partial charge in [0.25, 0.3) is 0 Å². The molecule has 0 saturated carbocycles. The standard InChI is InChI=1S/C22H19N7O2/c1-14-11-16(5-4-10-23)12-18(31-3)19(14)26-22-27-20(21(30)29(2)28-22)25-17-8-6-15(13-24)7-9-17/h4-9,11-12H,1-3H3,(H2,25,26,27,28)/b5-4+. The summed E-state index contributed by atoms with van der Waals surface area (Å²) < 4.78 is 6.65. The van der Waals surface area contributed by atoms with E-state index in [0.29, 0.717) is 22.7 Å². The van der Waals surface area contributed by atoms with E-state index < -0.39 is 5.56 Å². The Bertz CT molecular complexity index is 1280. The van der Waals surface area contributed by atoms with Gasteiger partial charge in [0, 0.05) is 18.8 Å². The minimum Gasteiger partial charge on any atom is -0.495 e. The molecule has 0 bridgehead atoms. The number of aryl methyl sites for hydroxylation is 2. The van der Waals surface area contributed by atoms with Crippen molar-refractivity contribution in [3.05, 3.63) is 69.5 Å². The highest BCUT2D eigenvalue weighted by Crippen LogP contribution is 2.32. The molecule has 9 nitrogen and oxygen atoms in total. The lowest BCUT2D eigenvalue weighted by Crippen LogP contribution is -2.25. The Labute approximate surface area is 178 Å². The van der Waals surface area contributed by atoms with Crippen LogP contribution in [0.2, 0.25) is 0 Å². The molecular weight excluding hydrogens is 394 g/mol. The van der Waals surface area contributed by atoms with Crippen LogP contribution in [-0.2, 0) is 7.05 Å². The molecule has 31 heavy (non-hydrogen) atoms. The first kappa shape index (κ1) is 21.1. The van der Waals surface area contributed by atoms with Crippen LogP contribution in [0.1, 0.15) is 16.7 Å². The molecule has 2 aromatic carbocycles. The van der Waals surface area contributed by atoms with E-state index in [-0.39, 0.29) is 11.8 Å². The van der Waals surface area contributed by atoms with Gasteiger partial charge >= 0.3 is 5.56 Å². The van der Waals surface area contributed by atoms with E-state index in [1.54, 1.807) is 36.4 Å². The number of nitrogens with one attached hydrogen (secondary N) is 2. The van der Waals surface area contributed by atoms with Crippen LogP contribution in [0.4, 0.5) is 23.1 Å². The summed E-state index contributed by atoms with van der Waals surface area (Å²) in [7, 11) is 3.07. The molecular formula is C22H19N7O2. The molecule has 0 atom stereocenters. The second-order valence-corrected chi connectivity index (χ2v) is 6.53. The Morgan fingerprint density at radius 1 is 1.16 bits per heavy atom. The molecule has 0 amide bonds. The average Bonchev–Trinajstić information content (AvgIpc) is 2.77. The number of aromatic nitrogens is 3. The van der Waals surface area contributed by atoms with E-state index in [2.05, 4.69) is 20.7 Å². The van der Waals surface area contributed by atoms with Gasteiger partial charge in [-0.05, 0) is 60.5 Å². The first-order valence-corrected chi connectivity index (χ1v) is 9.19. The summed E-state index contributed by atoms with van der Waals surface area (Å²) in [6.45, 7) is 1.88. The van der Waals surface area contributed by atoms with E-state index >= 15 is 0 Å². The second kappa shape index (κ2) is 9.25. The van der Waals surface area contributed by atoms with Crippen LogP contribution in [0.15, 0.2) is 47.3 Å².